The number of nitrogens with one attached hydrogen (secondary N) is 1. The van der Waals surface area contributed by atoms with E-state index in [1.807, 2.05) is 0 Å². The maximum atomic E-state index is 13.8. The fraction of sp³-hybridized carbons (Fsp3) is 0.125. The number of carbonyl (C=O) groups is 1. The van der Waals surface area contributed by atoms with Crippen LogP contribution in [0.2, 0.25) is 0 Å². The SMILES string of the molecule is C[C@@H](C(=O)Nc1ccc(Br)cc1F)n1nnc2ccccc2c1=O. The summed E-state index contributed by atoms with van der Waals surface area (Å²) < 4.78 is 15.4. The van der Waals surface area contributed by atoms with E-state index in [4.69, 9.17) is 0 Å². The highest BCUT2D eigenvalue weighted by molar-refractivity contribution is 9.10. The second-order valence-corrected chi connectivity index (χ2v) is 6.06. The van der Waals surface area contributed by atoms with Crippen LogP contribution in [-0.4, -0.2) is 20.9 Å². The van der Waals surface area contributed by atoms with Gasteiger partial charge >= 0.3 is 0 Å². The summed E-state index contributed by atoms with van der Waals surface area (Å²) in [4.78, 5) is 24.8. The molecule has 0 bridgehead atoms. The van der Waals surface area contributed by atoms with Crippen LogP contribution in [0.1, 0.15) is 13.0 Å². The molecule has 1 amide bonds. The number of amides is 1. The molecule has 0 saturated carbocycles. The van der Waals surface area contributed by atoms with Gasteiger partial charge in [-0.3, -0.25) is 9.59 Å². The van der Waals surface area contributed by atoms with Crippen molar-refractivity contribution in [2.45, 2.75) is 13.0 Å². The Morgan fingerprint density at radius 3 is 2.79 bits per heavy atom. The fourth-order valence-electron chi connectivity index (χ4n) is 2.19. The molecule has 0 unspecified atom stereocenters. The second kappa shape index (κ2) is 6.48. The Morgan fingerprint density at radius 1 is 1.29 bits per heavy atom. The monoisotopic (exact) mass is 390 g/mol. The van der Waals surface area contributed by atoms with E-state index >= 15 is 0 Å². The highest BCUT2D eigenvalue weighted by atomic mass is 79.9. The predicted octanol–water partition coefficient (Wildman–Crippen LogP) is 2.89. The van der Waals surface area contributed by atoms with Crippen molar-refractivity contribution in [1.82, 2.24) is 15.0 Å². The molecule has 1 atom stereocenters. The van der Waals surface area contributed by atoms with E-state index in [2.05, 4.69) is 31.6 Å². The first-order chi connectivity index (χ1) is 11.5. The molecule has 0 aliphatic carbocycles. The molecule has 3 aromatic rings. The van der Waals surface area contributed by atoms with E-state index in [0.717, 1.165) is 4.68 Å². The summed E-state index contributed by atoms with van der Waals surface area (Å²) in [6.45, 7) is 1.50. The summed E-state index contributed by atoms with van der Waals surface area (Å²) in [5, 5.41) is 10.5. The van der Waals surface area contributed by atoms with E-state index in [0.29, 0.717) is 15.4 Å². The normalized spacial score (nSPS) is 12.1. The van der Waals surface area contributed by atoms with Crippen LogP contribution in [0.25, 0.3) is 10.9 Å². The van der Waals surface area contributed by atoms with E-state index < -0.39 is 23.3 Å². The highest BCUT2D eigenvalue weighted by Crippen LogP contribution is 2.20. The summed E-state index contributed by atoms with van der Waals surface area (Å²) in [6.07, 6.45) is 0. The van der Waals surface area contributed by atoms with Gasteiger partial charge in [0.25, 0.3) is 5.56 Å². The third-order valence-electron chi connectivity index (χ3n) is 3.53. The van der Waals surface area contributed by atoms with Crippen molar-refractivity contribution in [2.24, 2.45) is 0 Å². The zero-order chi connectivity index (χ0) is 17.3. The molecule has 1 heterocycles. The Balaban J connectivity index is 1.91. The zero-order valence-electron chi connectivity index (χ0n) is 12.5. The molecule has 6 nitrogen and oxygen atoms in total. The lowest BCUT2D eigenvalue weighted by molar-refractivity contribution is -0.119. The summed E-state index contributed by atoms with van der Waals surface area (Å²) in [6, 6.07) is 10.0. The van der Waals surface area contributed by atoms with E-state index in [-0.39, 0.29) is 5.69 Å². The Labute approximate surface area is 144 Å². The van der Waals surface area contributed by atoms with Crippen LogP contribution in [0, 0.1) is 5.82 Å². The average Bonchev–Trinajstić information content (AvgIpc) is 2.57. The van der Waals surface area contributed by atoms with Crippen LogP contribution >= 0.6 is 15.9 Å². The molecule has 122 valence electrons. The highest BCUT2D eigenvalue weighted by Gasteiger charge is 2.20. The maximum absolute atomic E-state index is 13.8. The molecule has 24 heavy (non-hydrogen) atoms. The molecular formula is C16H12BrFN4O2. The van der Waals surface area contributed by atoms with E-state index in [1.54, 1.807) is 30.3 Å². The van der Waals surface area contributed by atoms with E-state index in [9.17, 15) is 14.0 Å². The van der Waals surface area contributed by atoms with Crippen LogP contribution in [0.5, 0.6) is 0 Å². The number of fused-ring (bicyclic) bond motifs is 1. The number of anilines is 1. The first kappa shape index (κ1) is 16.3. The average molecular weight is 391 g/mol. The minimum atomic E-state index is -0.947. The van der Waals surface area contributed by atoms with Crippen LogP contribution < -0.4 is 10.9 Å². The van der Waals surface area contributed by atoms with Gasteiger partial charge in [-0.2, -0.15) is 4.68 Å². The molecule has 0 radical (unpaired) electrons. The first-order valence-corrected chi connectivity index (χ1v) is 7.87. The Kier molecular flexibility index (Phi) is 4.39. The Bertz CT molecular complexity index is 989. The summed E-state index contributed by atoms with van der Waals surface area (Å²) in [7, 11) is 0. The number of nitrogens with zero attached hydrogens (tertiary/aromatic N) is 3. The largest absolute Gasteiger partial charge is 0.322 e. The van der Waals surface area contributed by atoms with Crippen LogP contribution in [0.3, 0.4) is 0 Å². The third-order valence-corrected chi connectivity index (χ3v) is 4.02. The van der Waals surface area contributed by atoms with Crippen molar-refractivity contribution >= 4 is 38.4 Å². The van der Waals surface area contributed by atoms with Gasteiger partial charge in [0.15, 0.2) is 0 Å². The second-order valence-electron chi connectivity index (χ2n) is 5.15. The predicted molar refractivity (Wildman–Crippen MR) is 91.2 cm³/mol. The summed E-state index contributed by atoms with van der Waals surface area (Å²) in [5.41, 5.74) is 0.0432. The molecule has 0 saturated heterocycles. The number of halogens is 2. The van der Waals surface area contributed by atoms with Gasteiger partial charge in [-0.15, -0.1) is 5.10 Å². The fourth-order valence-corrected chi connectivity index (χ4v) is 2.53. The van der Waals surface area contributed by atoms with E-state index in [1.165, 1.54) is 19.1 Å². The smallest absolute Gasteiger partial charge is 0.278 e. The molecule has 2 aromatic carbocycles. The van der Waals surface area contributed by atoms with Gasteiger partial charge in [0.1, 0.15) is 17.4 Å². The number of rotatable bonds is 3. The van der Waals surface area contributed by atoms with Gasteiger partial charge in [-0.05, 0) is 37.3 Å². The molecule has 1 aromatic heterocycles. The van der Waals surface area contributed by atoms with Gasteiger partial charge < -0.3 is 5.32 Å². The molecule has 0 spiro atoms. The lowest BCUT2D eigenvalue weighted by Gasteiger charge is -2.14. The van der Waals surface area contributed by atoms with Crippen LogP contribution in [-0.2, 0) is 4.79 Å². The number of hydrogen-bond donors (Lipinski definition) is 1. The molecule has 8 heteroatoms. The zero-order valence-corrected chi connectivity index (χ0v) is 14.1. The standard InChI is InChI=1S/C16H12BrFN4O2/c1-9(15(23)19-14-7-6-10(17)8-12(14)18)22-16(24)11-4-2-3-5-13(11)20-21-22/h2-9H,1H3,(H,19,23)/t9-/m0/s1. The molecule has 0 aliphatic heterocycles. The van der Waals surface area contributed by atoms with Crippen molar-refractivity contribution < 1.29 is 9.18 Å². The quantitative estimate of drug-likeness (QED) is 0.745. The molecule has 0 aliphatic rings. The number of carbonyl (C=O) groups excluding carboxylic acids is 1. The first-order valence-electron chi connectivity index (χ1n) is 7.07. The molecular weight excluding hydrogens is 379 g/mol. The minimum absolute atomic E-state index is 0.0249. The number of benzene rings is 2. The van der Waals surface area contributed by atoms with Crippen molar-refractivity contribution in [3.05, 3.63) is 63.1 Å². The topological polar surface area (TPSA) is 76.9 Å². The Hall–Kier alpha value is -2.61. The molecule has 0 fully saturated rings. The van der Waals surface area contributed by atoms with Gasteiger partial charge in [0, 0.05) is 4.47 Å². The summed E-state index contributed by atoms with van der Waals surface area (Å²) in [5.74, 6) is -1.15. The lowest BCUT2D eigenvalue weighted by Crippen LogP contribution is -2.34. The third kappa shape index (κ3) is 3.05. The van der Waals surface area contributed by atoms with Gasteiger partial charge in [-0.25, -0.2) is 4.39 Å². The minimum Gasteiger partial charge on any atom is -0.322 e. The number of aromatic nitrogens is 3. The van der Waals surface area contributed by atoms with Gasteiger partial charge in [0.05, 0.1) is 11.1 Å². The van der Waals surface area contributed by atoms with Crippen LogP contribution in [0.4, 0.5) is 10.1 Å². The number of hydrogen-bond acceptors (Lipinski definition) is 4. The summed E-state index contributed by atoms with van der Waals surface area (Å²) >= 11 is 3.14. The van der Waals surface area contributed by atoms with Crippen molar-refractivity contribution in [3.63, 3.8) is 0 Å². The van der Waals surface area contributed by atoms with Crippen LogP contribution in [0.15, 0.2) is 51.7 Å². The molecule has 1 N–H and O–H groups in total. The van der Waals surface area contributed by atoms with Crippen molar-refractivity contribution in [3.8, 4) is 0 Å². The van der Waals surface area contributed by atoms with Crippen molar-refractivity contribution in [2.75, 3.05) is 5.32 Å². The Morgan fingerprint density at radius 2 is 2.04 bits per heavy atom. The maximum Gasteiger partial charge on any atom is 0.278 e. The van der Waals surface area contributed by atoms with Gasteiger partial charge in [0.2, 0.25) is 5.91 Å². The van der Waals surface area contributed by atoms with Crippen molar-refractivity contribution in [1.29, 1.82) is 0 Å². The van der Waals surface area contributed by atoms with Gasteiger partial charge in [-0.1, -0.05) is 33.3 Å². The molecule has 3 rings (SSSR count). The lowest BCUT2D eigenvalue weighted by atomic mass is 10.2.